The molecule has 2 aromatic carbocycles. The molecule has 2 aliphatic heterocycles. The Morgan fingerprint density at radius 2 is 1.64 bits per heavy atom. The van der Waals surface area contributed by atoms with Crippen LogP contribution in [0.4, 0.5) is 0 Å². The molecule has 0 spiro atoms. The maximum atomic E-state index is 13.7. The molecule has 1 fully saturated rings. The van der Waals surface area contributed by atoms with Crippen LogP contribution in [0.3, 0.4) is 0 Å². The maximum absolute atomic E-state index is 13.7. The summed E-state index contributed by atoms with van der Waals surface area (Å²) in [6, 6.07) is 20.6. The first kappa shape index (κ1) is 26.5. The van der Waals surface area contributed by atoms with Crippen molar-refractivity contribution in [3.8, 4) is 0 Å². The van der Waals surface area contributed by atoms with Crippen LogP contribution in [-0.2, 0) is 45.9 Å². The van der Waals surface area contributed by atoms with Gasteiger partial charge in [-0.25, -0.2) is 9.59 Å². The van der Waals surface area contributed by atoms with Gasteiger partial charge in [-0.15, -0.1) is 11.3 Å². The van der Waals surface area contributed by atoms with Gasteiger partial charge >= 0.3 is 11.9 Å². The lowest BCUT2D eigenvalue weighted by Gasteiger charge is -2.49. The fourth-order valence-corrected chi connectivity index (χ4v) is 6.93. The molecule has 0 saturated carbocycles. The van der Waals surface area contributed by atoms with Crippen molar-refractivity contribution in [1.29, 1.82) is 0 Å². The molecule has 39 heavy (non-hydrogen) atoms. The highest BCUT2D eigenvalue weighted by atomic mass is 32.2. The first-order chi connectivity index (χ1) is 18.9. The molecule has 200 valence electrons. The molecule has 1 aromatic heterocycles. The Kier molecular flexibility index (Phi) is 7.71. The Morgan fingerprint density at radius 3 is 2.21 bits per heavy atom. The highest BCUT2D eigenvalue weighted by Gasteiger charge is 2.58. The minimum Gasteiger partial charge on any atom is -0.466 e. The third-order valence-electron chi connectivity index (χ3n) is 6.41. The molecule has 3 heterocycles. The Morgan fingerprint density at radius 1 is 1.00 bits per heavy atom. The van der Waals surface area contributed by atoms with Crippen LogP contribution < -0.4 is 5.32 Å². The van der Waals surface area contributed by atoms with Crippen molar-refractivity contribution in [2.24, 2.45) is 0 Å². The molecule has 5 rings (SSSR count). The van der Waals surface area contributed by atoms with Gasteiger partial charge in [0.05, 0.1) is 35.7 Å². The van der Waals surface area contributed by atoms with Crippen LogP contribution in [0, 0.1) is 0 Å². The van der Waals surface area contributed by atoms with Gasteiger partial charge in [0, 0.05) is 4.88 Å². The van der Waals surface area contributed by atoms with Crippen LogP contribution in [0.15, 0.2) is 89.4 Å². The number of methoxy groups -OCH3 is 1. The summed E-state index contributed by atoms with van der Waals surface area (Å²) in [6.07, 6.45) is -0.774. The quantitative estimate of drug-likeness (QED) is 0.330. The molecule has 3 aromatic rings. The number of fused-ring (bicyclic) bond motifs is 1. The lowest BCUT2D eigenvalue weighted by molar-refractivity contribution is -0.155. The van der Waals surface area contributed by atoms with Crippen LogP contribution in [0.2, 0.25) is 0 Å². The molecule has 3 atom stereocenters. The zero-order valence-electron chi connectivity index (χ0n) is 20.8. The van der Waals surface area contributed by atoms with Crippen molar-refractivity contribution in [3.63, 3.8) is 0 Å². The number of benzene rings is 2. The maximum Gasteiger partial charge on any atom is 0.356 e. The average molecular weight is 565 g/mol. The van der Waals surface area contributed by atoms with Gasteiger partial charge in [0.2, 0.25) is 5.91 Å². The van der Waals surface area contributed by atoms with Crippen molar-refractivity contribution < 1.29 is 32.9 Å². The summed E-state index contributed by atoms with van der Waals surface area (Å²) in [4.78, 5) is 54.0. The second-order valence-electron chi connectivity index (χ2n) is 8.85. The molecule has 0 aliphatic carbocycles. The smallest absolute Gasteiger partial charge is 0.356 e. The Balaban J connectivity index is 1.45. The van der Waals surface area contributed by atoms with Gasteiger partial charge in [-0.05, 0) is 22.6 Å². The number of β-lactam (4-membered cyclic amide) rings is 1. The minimum atomic E-state index is -1.78. The van der Waals surface area contributed by atoms with Crippen LogP contribution >= 0.6 is 11.3 Å². The summed E-state index contributed by atoms with van der Waals surface area (Å²) in [7, 11) is -0.647. The first-order valence-corrected chi connectivity index (χ1v) is 14.3. The van der Waals surface area contributed by atoms with Gasteiger partial charge in [-0.1, -0.05) is 66.7 Å². The van der Waals surface area contributed by atoms with Crippen LogP contribution in [0.1, 0.15) is 22.1 Å². The SMILES string of the molecule is COC(=O)C1=C(C(=O)OC(c2ccccc2)c2ccccc2)N2C(=O)C(NC(=O)Cc3cccs3)[C@H]2S(=O)C1. The van der Waals surface area contributed by atoms with Crippen molar-refractivity contribution in [1.82, 2.24) is 10.2 Å². The number of esters is 2. The van der Waals surface area contributed by atoms with Crippen molar-refractivity contribution >= 4 is 45.9 Å². The number of nitrogens with zero attached hydrogens (tertiary/aromatic N) is 1. The molecule has 1 saturated heterocycles. The van der Waals surface area contributed by atoms with Gasteiger partial charge < -0.3 is 14.8 Å². The van der Waals surface area contributed by atoms with Gasteiger partial charge in [-0.2, -0.15) is 0 Å². The zero-order chi connectivity index (χ0) is 27.5. The van der Waals surface area contributed by atoms with Crippen molar-refractivity contribution in [3.05, 3.63) is 105 Å². The van der Waals surface area contributed by atoms with E-state index in [1.807, 2.05) is 23.6 Å². The minimum absolute atomic E-state index is 0.0643. The second kappa shape index (κ2) is 11.3. The van der Waals surface area contributed by atoms with E-state index in [4.69, 9.17) is 9.47 Å². The highest BCUT2D eigenvalue weighted by Crippen LogP contribution is 2.37. The lowest BCUT2D eigenvalue weighted by Crippen LogP contribution is -2.74. The van der Waals surface area contributed by atoms with Gasteiger partial charge in [0.15, 0.2) is 6.10 Å². The summed E-state index contributed by atoms with van der Waals surface area (Å²) < 4.78 is 23.9. The molecule has 2 unspecified atom stereocenters. The van der Waals surface area contributed by atoms with E-state index in [0.717, 1.165) is 16.9 Å². The number of amides is 2. The Hall–Kier alpha value is -4.09. The summed E-state index contributed by atoms with van der Waals surface area (Å²) in [5, 5.41) is 3.45. The Bertz CT molecular complexity index is 1420. The summed E-state index contributed by atoms with van der Waals surface area (Å²) in [5.41, 5.74) is 0.828. The van der Waals surface area contributed by atoms with Gasteiger partial charge in [0.25, 0.3) is 5.91 Å². The predicted molar refractivity (Wildman–Crippen MR) is 143 cm³/mol. The number of hydrogen-bond acceptors (Lipinski definition) is 8. The molecular formula is C28H24N2O7S2. The van der Waals surface area contributed by atoms with Crippen LogP contribution in [0.5, 0.6) is 0 Å². The third kappa shape index (κ3) is 5.27. The largest absolute Gasteiger partial charge is 0.466 e. The van der Waals surface area contributed by atoms with E-state index in [-0.39, 0.29) is 23.4 Å². The van der Waals surface area contributed by atoms with E-state index in [9.17, 15) is 23.4 Å². The summed E-state index contributed by atoms with van der Waals surface area (Å²) in [5.74, 6) is -3.22. The van der Waals surface area contributed by atoms with Crippen molar-refractivity contribution in [2.45, 2.75) is 23.9 Å². The Labute approximate surface area is 230 Å². The first-order valence-electron chi connectivity index (χ1n) is 12.0. The molecule has 2 amide bonds. The molecule has 1 N–H and O–H groups in total. The summed E-state index contributed by atoms with van der Waals surface area (Å²) in [6.45, 7) is 0. The number of rotatable bonds is 8. The van der Waals surface area contributed by atoms with Gasteiger partial charge in [0.1, 0.15) is 17.1 Å². The topological polar surface area (TPSA) is 119 Å². The standard InChI is InChI=1S/C28H24N2O7S2/c1-36-27(33)20-16-39(35)26-22(29-21(31)15-19-13-8-14-38-19)25(32)30(26)23(20)28(34)37-24(17-9-4-2-5-10-17)18-11-6-3-7-12-18/h2-14,22,24,26H,15-16H2,1H3,(H,29,31)/t22?,26-,39?/m1/s1. The molecule has 0 bridgehead atoms. The number of nitrogens with one attached hydrogen (secondary N) is 1. The monoisotopic (exact) mass is 564 g/mol. The molecule has 9 nitrogen and oxygen atoms in total. The number of carbonyl (C=O) groups is 4. The third-order valence-corrected chi connectivity index (χ3v) is 8.88. The fraction of sp³-hybridized carbons (Fsp3) is 0.214. The zero-order valence-corrected chi connectivity index (χ0v) is 22.4. The predicted octanol–water partition coefficient (Wildman–Crippen LogP) is 2.47. The molecule has 2 aliphatic rings. The van der Waals surface area contributed by atoms with Crippen LogP contribution in [0.25, 0.3) is 0 Å². The second-order valence-corrected chi connectivity index (χ2v) is 11.4. The number of ether oxygens (including phenoxy) is 2. The highest BCUT2D eigenvalue weighted by molar-refractivity contribution is 7.86. The van der Waals surface area contributed by atoms with Crippen molar-refractivity contribution in [2.75, 3.05) is 12.9 Å². The lowest BCUT2D eigenvalue weighted by atomic mass is 10.0. The average Bonchev–Trinajstić information content (AvgIpc) is 3.47. The normalized spacial score (nSPS) is 20.2. The van der Waals surface area contributed by atoms with E-state index in [2.05, 4.69) is 5.32 Å². The van der Waals surface area contributed by atoms with Gasteiger partial charge in [-0.3, -0.25) is 18.7 Å². The van der Waals surface area contributed by atoms with E-state index >= 15 is 0 Å². The van der Waals surface area contributed by atoms with E-state index < -0.39 is 52.1 Å². The molecule has 11 heteroatoms. The van der Waals surface area contributed by atoms with E-state index in [1.54, 1.807) is 54.6 Å². The number of thiophene rings is 1. The summed E-state index contributed by atoms with van der Waals surface area (Å²) >= 11 is 1.40. The number of carbonyl (C=O) groups excluding carboxylic acids is 4. The van der Waals surface area contributed by atoms with E-state index in [0.29, 0.717) is 11.1 Å². The molecular weight excluding hydrogens is 540 g/mol. The van der Waals surface area contributed by atoms with Crippen LogP contribution in [-0.4, -0.2) is 57.1 Å². The number of hydrogen-bond donors (Lipinski definition) is 1. The molecule has 0 radical (unpaired) electrons. The fourth-order valence-electron chi connectivity index (χ4n) is 4.59. The van der Waals surface area contributed by atoms with E-state index in [1.165, 1.54) is 11.3 Å².